The van der Waals surface area contributed by atoms with E-state index in [0.29, 0.717) is 11.9 Å². The SMILES string of the molecule is Cc1cnn(C[C@@H]2CCCCN2Cc2nc(N)c3ccccc3n2)c1. The molecule has 6 nitrogen and oxygen atoms in total. The fourth-order valence-corrected chi connectivity index (χ4v) is 3.66. The van der Waals surface area contributed by atoms with Crippen LogP contribution in [0.5, 0.6) is 0 Å². The van der Waals surface area contributed by atoms with Gasteiger partial charge in [0.25, 0.3) is 0 Å². The number of aryl methyl sites for hydroxylation is 1. The van der Waals surface area contributed by atoms with Gasteiger partial charge >= 0.3 is 0 Å². The molecule has 1 aliphatic rings. The van der Waals surface area contributed by atoms with E-state index in [-0.39, 0.29) is 0 Å². The standard InChI is InChI=1S/C19H24N6/c1-14-10-21-25(11-14)12-15-6-4-5-9-24(15)13-18-22-17-8-3-2-7-16(17)19(20)23-18/h2-3,7-8,10-11,15H,4-6,9,12-13H2,1H3,(H2,20,22,23)/t15-/m0/s1. The highest BCUT2D eigenvalue weighted by molar-refractivity contribution is 5.87. The number of nitrogens with zero attached hydrogens (tertiary/aromatic N) is 5. The minimum atomic E-state index is 0.462. The highest BCUT2D eigenvalue weighted by Crippen LogP contribution is 2.22. The van der Waals surface area contributed by atoms with Crippen LogP contribution in [0.3, 0.4) is 0 Å². The fourth-order valence-electron chi connectivity index (χ4n) is 3.66. The first kappa shape index (κ1) is 16.0. The maximum atomic E-state index is 6.14. The van der Waals surface area contributed by atoms with Crippen molar-refractivity contribution in [2.75, 3.05) is 12.3 Å². The number of likely N-dealkylation sites (tertiary alicyclic amines) is 1. The predicted octanol–water partition coefficient (Wildman–Crippen LogP) is 2.77. The van der Waals surface area contributed by atoms with E-state index in [9.17, 15) is 0 Å². The smallest absolute Gasteiger partial charge is 0.145 e. The fraction of sp³-hybridized carbons (Fsp3) is 0.421. The summed E-state index contributed by atoms with van der Waals surface area (Å²) in [7, 11) is 0. The first-order chi connectivity index (χ1) is 12.2. The van der Waals surface area contributed by atoms with Gasteiger partial charge in [0.2, 0.25) is 0 Å². The van der Waals surface area contributed by atoms with Gasteiger partial charge in [0.15, 0.2) is 0 Å². The average Bonchev–Trinajstić information content (AvgIpc) is 3.02. The van der Waals surface area contributed by atoms with Crippen LogP contribution in [0, 0.1) is 6.92 Å². The van der Waals surface area contributed by atoms with Crippen LogP contribution in [0.25, 0.3) is 10.9 Å². The normalized spacial score (nSPS) is 18.7. The molecule has 1 saturated heterocycles. The number of nitrogens with two attached hydrogens (primary N) is 1. The van der Waals surface area contributed by atoms with Crippen molar-refractivity contribution in [3.63, 3.8) is 0 Å². The highest BCUT2D eigenvalue weighted by Gasteiger charge is 2.24. The molecule has 0 unspecified atom stereocenters. The van der Waals surface area contributed by atoms with E-state index < -0.39 is 0 Å². The molecule has 0 radical (unpaired) electrons. The first-order valence-corrected chi connectivity index (χ1v) is 8.93. The van der Waals surface area contributed by atoms with Crippen LogP contribution in [0.15, 0.2) is 36.7 Å². The molecule has 130 valence electrons. The van der Waals surface area contributed by atoms with Gasteiger partial charge in [-0.05, 0) is 44.0 Å². The lowest BCUT2D eigenvalue weighted by Crippen LogP contribution is -2.42. The summed E-state index contributed by atoms with van der Waals surface area (Å²) < 4.78 is 2.05. The second kappa shape index (κ2) is 6.80. The van der Waals surface area contributed by atoms with Crippen molar-refractivity contribution in [3.05, 3.63) is 48.0 Å². The first-order valence-electron chi connectivity index (χ1n) is 8.93. The summed E-state index contributed by atoms with van der Waals surface area (Å²) >= 11 is 0. The Balaban J connectivity index is 1.55. The zero-order valence-corrected chi connectivity index (χ0v) is 14.6. The monoisotopic (exact) mass is 336 g/mol. The molecular weight excluding hydrogens is 312 g/mol. The quantitative estimate of drug-likeness (QED) is 0.793. The van der Waals surface area contributed by atoms with Gasteiger partial charge in [-0.15, -0.1) is 0 Å². The van der Waals surface area contributed by atoms with Crippen molar-refractivity contribution in [3.8, 4) is 0 Å². The van der Waals surface area contributed by atoms with Gasteiger partial charge in [0.1, 0.15) is 11.6 Å². The number of benzene rings is 1. The van der Waals surface area contributed by atoms with Gasteiger partial charge in [0.05, 0.1) is 24.8 Å². The Hall–Kier alpha value is -2.47. The summed E-state index contributed by atoms with van der Waals surface area (Å²) in [5.41, 5.74) is 8.26. The zero-order chi connectivity index (χ0) is 17.2. The molecule has 6 heteroatoms. The van der Waals surface area contributed by atoms with Crippen molar-refractivity contribution in [2.45, 2.75) is 45.3 Å². The summed E-state index contributed by atoms with van der Waals surface area (Å²) in [6.07, 6.45) is 7.69. The number of piperidine rings is 1. The molecule has 2 N–H and O–H groups in total. The lowest BCUT2D eigenvalue weighted by molar-refractivity contribution is 0.119. The van der Waals surface area contributed by atoms with Crippen molar-refractivity contribution < 1.29 is 0 Å². The lowest BCUT2D eigenvalue weighted by atomic mass is 10.0. The molecule has 1 aromatic carbocycles. The van der Waals surface area contributed by atoms with Crippen LogP contribution >= 0.6 is 0 Å². The number of aromatic nitrogens is 4. The maximum Gasteiger partial charge on any atom is 0.145 e. The number of rotatable bonds is 4. The van der Waals surface area contributed by atoms with Crippen LogP contribution < -0.4 is 5.73 Å². The van der Waals surface area contributed by atoms with Gasteiger partial charge in [-0.3, -0.25) is 9.58 Å². The molecule has 1 atom stereocenters. The van der Waals surface area contributed by atoms with Crippen molar-refractivity contribution >= 4 is 16.7 Å². The van der Waals surface area contributed by atoms with Gasteiger partial charge in [-0.1, -0.05) is 18.6 Å². The molecule has 25 heavy (non-hydrogen) atoms. The van der Waals surface area contributed by atoms with E-state index >= 15 is 0 Å². The Labute approximate surface area is 147 Å². The van der Waals surface area contributed by atoms with Crippen LogP contribution in [-0.4, -0.2) is 37.2 Å². The number of hydrogen-bond acceptors (Lipinski definition) is 5. The van der Waals surface area contributed by atoms with E-state index in [2.05, 4.69) is 28.1 Å². The van der Waals surface area contributed by atoms with E-state index in [1.807, 2.05) is 35.1 Å². The van der Waals surface area contributed by atoms with Crippen molar-refractivity contribution in [1.82, 2.24) is 24.6 Å². The van der Waals surface area contributed by atoms with Gasteiger partial charge in [0, 0.05) is 17.6 Å². The molecule has 0 saturated carbocycles. The van der Waals surface area contributed by atoms with Crippen molar-refractivity contribution in [2.24, 2.45) is 0 Å². The summed E-state index contributed by atoms with van der Waals surface area (Å²) in [6, 6.07) is 8.39. The number of hydrogen-bond donors (Lipinski definition) is 1. The predicted molar refractivity (Wildman–Crippen MR) is 99.0 cm³/mol. The molecule has 1 aliphatic heterocycles. The number of para-hydroxylation sites is 1. The Bertz CT molecular complexity index is 871. The molecule has 0 bridgehead atoms. The molecule has 2 aromatic heterocycles. The minimum Gasteiger partial charge on any atom is -0.383 e. The van der Waals surface area contributed by atoms with E-state index in [4.69, 9.17) is 10.7 Å². The molecule has 1 fully saturated rings. The van der Waals surface area contributed by atoms with E-state index in [1.54, 1.807) is 0 Å². The highest BCUT2D eigenvalue weighted by atomic mass is 15.3. The third-order valence-electron chi connectivity index (χ3n) is 4.93. The molecular formula is C19H24N6. The molecule has 3 aromatic rings. The molecule has 0 aliphatic carbocycles. The topological polar surface area (TPSA) is 72.9 Å². The number of anilines is 1. The number of nitrogen functional groups attached to an aromatic ring is 1. The second-order valence-corrected chi connectivity index (χ2v) is 6.90. The van der Waals surface area contributed by atoms with Crippen LogP contribution in [0.2, 0.25) is 0 Å². The second-order valence-electron chi connectivity index (χ2n) is 6.90. The van der Waals surface area contributed by atoms with Crippen LogP contribution in [0.1, 0.15) is 30.7 Å². The van der Waals surface area contributed by atoms with Crippen LogP contribution in [0.4, 0.5) is 5.82 Å². The Morgan fingerprint density at radius 3 is 2.92 bits per heavy atom. The van der Waals surface area contributed by atoms with Gasteiger partial charge < -0.3 is 5.73 Å². The molecule has 3 heterocycles. The molecule has 0 amide bonds. The zero-order valence-electron chi connectivity index (χ0n) is 14.6. The summed E-state index contributed by atoms with van der Waals surface area (Å²) in [6.45, 7) is 4.80. The van der Waals surface area contributed by atoms with Crippen LogP contribution in [-0.2, 0) is 13.1 Å². The van der Waals surface area contributed by atoms with Gasteiger partial charge in [-0.25, -0.2) is 9.97 Å². The summed E-state index contributed by atoms with van der Waals surface area (Å²) in [5, 5.41) is 5.37. The van der Waals surface area contributed by atoms with E-state index in [1.165, 1.54) is 24.8 Å². The molecule has 0 spiro atoms. The number of fused-ring (bicyclic) bond motifs is 1. The maximum absolute atomic E-state index is 6.14. The largest absolute Gasteiger partial charge is 0.383 e. The third-order valence-corrected chi connectivity index (χ3v) is 4.93. The van der Waals surface area contributed by atoms with Crippen molar-refractivity contribution in [1.29, 1.82) is 0 Å². The lowest BCUT2D eigenvalue weighted by Gasteiger charge is -2.35. The van der Waals surface area contributed by atoms with E-state index in [0.717, 1.165) is 36.4 Å². The Kier molecular flexibility index (Phi) is 4.36. The minimum absolute atomic E-state index is 0.462. The summed E-state index contributed by atoms with van der Waals surface area (Å²) in [5.74, 6) is 1.37. The third kappa shape index (κ3) is 3.49. The summed E-state index contributed by atoms with van der Waals surface area (Å²) in [4.78, 5) is 11.7. The molecule has 4 rings (SSSR count). The van der Waals surface area contributed by atoms with Gasteiger partial charge in [-0.2, -0.15) is 5.10 Å². The Morgan fingerprint density at radius 1 is 1.20 bits per heavy atom. The Morgan fingerprint density at radius 2 is 2.08 bits per heavy atom. The average molecular weight is 336 g/mol.